The summed E-state index contributed by atoms with van der Waals surface area (Å²) < 4.78 is 18.3. The number of hydrogen-bond acceptors (Lipinski definition) is 3. The minimum absolute atomic E-state index is 0.0108. The number of rotatable bonds is 5. The van der Waals surface area contributed by atoms with Crippen LogP contribution in [0.1, 0.15) is 23.7 Å². The van der Waals surface area contributed by atoms with Gasteiger partial charge >= 0.3 is 0 Å². The van der Waals surface area contributed by atoms with Crippen LogP contribution in [-0.4, -0.2) is 24.8 Å². The molecule has 1 unspecified atom stereocenters. The van der Waals surface area contributed by atoms with Gasteiger partial charge in [-0.1, -0.05) is 19.1 Å². The maximum absolute atomic E-state index is 13.4. The summed E-state index contributed by atoms with van der Waals surface area (Å²) in [7, 11) is 1.45. The summed E-state index contributed by atoms with van der Waals surface area (Å²) in [5, 5.41) is 0. The molecule has 0 N–H and O–H groups in total. The molecule has 0 saturated heterocycles. The van der Waals surface area contributed by atoms with Gasteiger partial charge in [0.1, 0.15) is 5.75 Å². The molecule has 86 valence electrons. The fourth-order valence-corrected chi connectivity index (χ4v) is 1.25. The van der Waals surface area contributed by atoms with Crippen molar-refractivity contribution in [2.75, 3.05) is 7.11 Å². The molecule has 0 aliphatic rings. The highest BCUT2D eigenvalue weighted by Crippen LogP contribution is 2.15. The van der Waals surface area contributed by atoms with Gasteiger partial charge in [0.25, 0.3) is 0 Å². The largest absolute Gasteiger partial charge is 0.497 e. The van der Waals surface area contributed by atoms with Gasteiger partial charge in [0.15, 0.2) is 5.78 Å². The van der Waals surface area contributed by atoms with Crippen LogP contribution in [-0.2, 0) is 4.79 Å². The van der Waals surface area contributed by atoms with Gasteiger partial charge in [-0.25, -0.2) is 4.39 Å². The van der Waals surface area contributed by atoms with Gasteiger partial charge in [-0.15, -0.1) is 0 Å². The summed E-state index contributed by atoms with van der Waals surface area (Å²) >= 11 is 0. The van der Waals surface area contributed by atoms with E-state index in [-0.39, 0.29) is 12.0 Å². The molecule has 0 amide bonds. The molecular weight excluding hydrogens is 211 g/mol. The van der Waals surface area contributed by atoms with Gasteiger partial charge in [-0.3, -0.25) is 9.59 Å². The van der Waals surface area contributed by atoms with Crippen LogP contribution in [0.3, 0.4) is 0 Å². The second kappa shape index (κ2) is 5.39. The Labute approximate surface area is 93.2 Å². The van der Waals surface area contributed by atoms with E-state index in [4.69, 9.17) is 4.74 Å². The molecule has 0 aromatic heterocycles. The van der Waals surface area contributed by atoms with Crippen molar-refractivity contribution in [3.8, 4) is 5.75 Å². The lowest BCUT2D eigenvalue weighted by atomic mass is 10.0. The topological polar surface area (TPSA) is 43.4 Å². The number of carbonyl (C=O) groups is 2. The lowest BCUT2D eigenvalue weighted by molar-refractivity contribution is -0.121. The summed E-state index contributed by atoms with van der Waals surface area (Å²) in [6.45, 7) is 1.52. The molecule has 1 aromatic carbocycles. The van der Waals surface area contributed by atoms with E-state index in [1.165, 1.54) is 26.2 Å². The molecule has 0 aliphatic carbocycles. The van der Waals surface area contributed by atoms with Crippen molar-refractivity contribution in [2.45, 2.75) is 19.5 Å². The van der Waals surface area contributed by atoms with E-state index in [0.717, 1.165) is 0 Å². The minimum atomic E-state index is -2.07. The van der Waals surface area contributed by atoms with Crippen LogP contribution < -0.4 is 4.74 Å². The molecule has 0 spiro atoms. The van der Waals surface area contributed by atoms with Gasteiger partial charge in [0, 0.05) is 12.0 Å². The number of carbonyl (C=O) groups excluding carboxylic acids is 2. The van der Waals surface area contributed by atoms with Crippen LogP contribution >= 0.6 is 0 Å². The highest BCUT2D eigenvalue weighted by Gasteiger charge is 2.25. The Hall–Kier alpha value is -1.71. The smallest absolute Gasteiger partial charge is 0.220 e. The van der Waals surface area contributed by atoms with Crippen molar-refractivity contribution < 1.29 is 18.7 Å². The first-order valence-corrected chi connectivity index (χ1v) is 4.95. The Kier molecular flexibility index (Phi) is 4.17. The Morgan fingerprint density at radius 2 is 2.12 bits per heavy atom. The van der Waals surface area contributed by atoms with Crippen LogP contribution in [0, 0.1) is 0 Å². The van der Waals surface area contributed by atoms with Gasteiger partial charge in [0.05, 0.1) is 7.11 Å². The number of methoxy groups -OCH3 is 1. The van der Waals surface area contributed by atoms with Gasteiger partial charge in [-0.05, 0) is 12.1 Å². The lowest BCUT2D eigenvalue weighted by Crippen LogP contribution is -2.25. The Bertz CT molecular complexity index is 401. The molecule has 0 heterocycles. The van der Waals surface area contributed by atoms with E-state index in [1.807, 2.05) is 0 Å². The summed E-state index contributed by atoms with van der Waals surface area (Å²) in [6.07, 6.45) is -2.06. The third-order valence-corrected chi connectivity index (χ3v) is 2.22. The van der Waals surface area contributed by atoms with Crippen LogP contribution in [0.25, 0.3) is 0 Å². The fraction of sp³-hybridized carbons (Fsp3) is 0.333. The molecule has 0 bridgehead atoms. The average molecular weight is 224 g/mol. The third kappa shape index (κ3) is 2.66. The Morgan fingerprint density at radius 3 is 2.69 bits per heavy atom. The van der Waals surface area contributed by atoms with Gasteiger partial charge < -0.3 is 4.74 Å². The molecule has 16 heavy (non-hydrogen) atoms. The first-order chi connectivity index (χ1) is 7.60. The normalized spacial score (nSPS) is 11.9. The molecule has 3 nitrogen and oxygen atoms in total. The third-order valence-electron chi connectivity index (χ3n) is 2.22. The molecular formula is C12H13FO3. The molecule has 0 aliphatic heterocycles. The number of hydrogen-bond donors (Lipinski definition) is 0. The highest BCUT2D eigenvalue weighted by molar-refractivity contribution is 6.13. The van der Waals surface area contributed by atoms with E-state index in [0.29, 0.717) is 5.75 Å². The predicted octanol–water partition coefficient (Wildman–Crippen LogP) is 2.20. The number of alkyl halides is 1. The maximum atomic E-state index is 13.4. The predicted molar refractivity (Wildman–Crippen MR) is 57.5 cm³/mol. The van der Waals surface area contributed by atoms with Crippen molar-refractivity contribution in [1.29, 1.82) is 0 Å². The fourth-order valence-electron chi connectivity index (χ4n) is 1.25. The van der Waals surface area contributed by atoms with E-state index in [2.05, 4.69) is 0 Å². The van der Waals surface area contributed by atoms with Crippen LogP contribution in [0.2, 0.25) is 0 Å². The first-order valence-electron chi connectivity index (χ1n) is 4.95. The van der Waals surface area contributed by atoms with Crippen LogP contribution in [0.5, 0.6) is 5.75 Å². The zero-order valence-electron chi connectivity index (χ0n) is 9.20. The molecule has 1 aromatic rings. The van der Waals surface area contributed by atoms with Crippen LogP contribution in [0.15, 0.2) is 24.3 Å². The number of halogens is 1. The van der Waals surface area contributed by atoms with Crippen molar-refractivity contribution >= 4 is 11.6 Å². The summed E-state index contributed by atoms with van der Waals surface area (Å²) in [5.41, 5.74) is 0.147. The second-order valence-corrected chi connectivity index (χ2v) is 3.28. The Morgan fingerprint density at radius 1 is 1.44 bits per heavy atom. The first kappa shape index (κ1) is 12.4. The SMILES string of the molecule is CCC(=O)C(F)C(=O)c1cccc(OC)c1. The van der Waals surface area contributed by atoms with E-state index in [9.17, 15) is 14.0 Å². The zero-order valence-corrected chi connectivity index (χ0v) is 9.20. The van der Waals surface area contributed by atoms with Gasteiger partial charge in [0.2, 0.25) is 12.0 Å². The molecule has 0 saturated carbocycles. The van der Waals surface area contributed by atoms with Crippen molar-refractivity contribution in [3.05, 3.63) is 29.8 Å². The van der Waals surface area contributed by atoms with Crippen molar-refractivity contribution in [2.24, 2.45) is 0 Å². The molecule has 0 fully saturated rings. The zero-order chi connectivity index (χ0) is 12.1. The molecule has 1 rings (SSSR count). The summed E-state index contributed by atoms with van der Waals surface area (Å²) in [5.74, 6) is -1.06. The monoisotopic (exact) mass is 224 g/mol. The standard InChI is InChI=1S/C12H13FO3/c1-3-10(14)11(13)12(15)8-5-4-6-9(7-8)16-2/h4-7,11H,3H2,1-2H3. The van der Waals surface area contributed by atoms with Crippen LogP contribution in [0.4, 0.5) is 4.39 Å². The van der Waals surface area contributed by atoms with E-state index in [1.54, 1.807) is 12.1 Å². The number of benzene rings is 1. The summed E-state index contributed by atoms with van der Waals surface area (Å²) in [4.78, 5) is 22.6. The quantitative estimate of drug-likeness (QED) is 0.568. The lowest BCUT2D eigenvalue weighted by Gasteiger charge is -2.06. The second-order valence-electron chi connectivity index (χ2n) is 3.28. The molecule has 0 radical (unpaired) electrons. The summed E-state index contributed by atoms with van der Waals surface area (Å²) in [6, 6.07) is 6.10. The Balaban J connectivity index is 2.91. The molecule has 4 heteroatoms. The number of ketones is 2. The highest BCUT2D eigenvalue weighted by atomic mass is 19.1. The minimum Gasteiger partial charge on any atom is -0.497 e. The number of ether oxygens (including phenoxy) is 1. The van der Waals surface area contributed by atoms with E-state index < -0.39 is 17.7 Å². The van der Waals surface area contributed by atoms with Gasteiger partial charge in [-0.2, -0.15) is 0 Å². The molecule has 1 atom stereocenters. The average Bonchev–Trinajstić information content (AvgIpc) is 2.36. The van der Waals surface area contributed by atoms with E-state index >= 15 is 0 Å². The van der Waals surface area contributed by atoms with Crippen molar-refractivity contribution in [3.63, 3.8) is 0 Å². The number of Topliss-reactive ketones (excluding diaryl/α,β-unsaturated/α-hetero) is 2. The maximum Gasteiger partial charge on any atom is 0.220 e. The van der Waals surface area contributed by atoms with Crippen molar-refractivity contribution in [1.82, 2.24) is 0 Å².